The molecule has 0 aliphatic heterocycles. The van der Waals surface area contributed by atoms with Crippen LogP contribution in [0.4, 0.5) is 0 Å². The topological polar surface area (TPSA) is 105 Å². The first-order chi connectivity index (χ1) is 11.4. The van der Waals surface area contributed by atoms with Gasteiger partial charge in [0.1, 0.15) is 11.6 Å². The normalized spacial score (nSPS) is 10.1. The Morgan fingerprint density at radius 3 is 2.71 bits per heavy atom. The van der Waals surface area contributed by atoms with E-state index in [0.717, 1.165) is 0 Å². The van der Waals surface area contributed by atoms with Gasteiger partial charge in [0.2, 0.25) is 0 Å². The maximum Gasteiger partial charge on any atom is 0.308 e. The first-order valence-corrected chi connectivity index (χ1v) is 8.57. The van der Waals surface area contributed by atoms with E-state index in [0.29, 0.717) is 15.2 Å². The lowest BCUT2D eigenvalue weighted by atomic mass is 10.1. The van der Waals surface area contributed by atoms with Gasteiger partial charge in [0.25, 0.3) is 5.56 Å². The SMILES string of the molecule is COc1cc(-c2nc(SC)[nH]c(=O)c2C#N)cc(Br)c1OC(C)=O. The first-order valence-electron chi connectivity index (χ1n) is 6.56. The fourth-order valence-electron chi connectivity index (χ4n) is 1.96. The highest BCUT2D eigenvalue weighted by molar-refractivity contribution is 9.10. The molecule has 0 radical (unpaired) electrons. The van der Waals surface area contributed by atoms with Gasteiger partial charge in [-0.05, 0) is 34.3 Å². The van der Waals surface area contributed by atoms with Crippen LogP contribution in [0, 0.1) is 11.3 Å². The van der Waals surface area contributed by atoms with Gasteiger partial charge in [-0.1, -0.05) is 11.8 Å². The summed E-state index contributed by atoms with van der Waals surface area (Å²) in [5.41, 5.74) is 0.0690. The van der Waals surface area contributed by atoms with Crippen LogP contribution in [0.15, 0.2) is 26.6 Å². The number of esters is 1. The van der Waals surface area contributed by atoms with E-state index in [2.05, 4.69) is 25.9 Å². The number of nitrogens with one attached hydrogen (secondary N) is 1. The highest BCUT2D eigenvalue weighted by Crippen LogP contribution is 2.39. The molecule has 7 nitrogen and oxygen atoms in total. The number of hydrogen-bond acceptors (Lipinski definition) is 7. The predicted molar refractivity (Wildman–Crippen MR) is 92.4 cm³/mol. The van der Waals surface area contributed by atoms with Crippen LogP contribution in [0.1, 0.15) is 12.5 Å². The summed E-state index contributed by atoms with van der Waals surface area (Å²) in [4.78, 5) is 30.1. The number of halogens is 1. The van der Waals surface area contributed by atoms with Crippen molar-refractivity contribution >= 4 is 33.7 Å². The zero-order valence-electron chi connectivity index (χ0n) is 13.0. The number of aromatic nitrogens is 2. The lowest BCUT2D eigenvalue weighted by Crippen LogP contribution is -2.14. The maximum atomic E-state index is 12.0. The smallest absolute Gasteiger partial charge is 0.308 e. The van der Waals surface area contributed by atoms with Crippen LogP contribution >= 0.6 is 27.7 Å². The molecule has 2 rings (SSSR count). The number of methoxy groups -OCH3 is 1. The number of rotatable bonds is 4. The summed E-state index contributed by atoms with van der Waals surface area (Å²) in [7, 11) is 1.42. The van der Waals surface area contributed by atoms with Crippen molar-refractivity contribution in [3.63, 3.8) is 0 Å². The number of thioether (sulfide) groups is 1. The van der Waals surface area contributed by atoms with Crippen LogP contribution in [0.3, 0.4) is 0 Å². The minimum absolute atomic E-state index is 0.109. The van der Waals surface area contributed by atoms with E-state index in [9.17, 15) is 14.9 Å². The Morgan fingerprint density at radius 2 is 2.17 bits per heavy atom. The van der Waals surface area contributed by atoms with Crippen LogP contribution in [-0.4, -0.2) is 29.3 Å². The summed E-state index contributed by atoms with van der Waals surface area (Å²) in [6, 6.07) is 5.02. The Morgan fingerprint density at radius 1 is 1.46 bits per heavy atom. The molecule has 0 amide bonds. The molecule has 0 saturated carbocycles. The molecule has 1 aromatic heterocycles. The van der Waals surface area contributed by atoms with E-state index in [4.69, 9.17) is 9.47 Å². The minimum Gasteiger partial charge on any atom is -0.493 e. The number of hydrogen-bond donors (Lipinski definition) is 1. The summed E-state index contributed by atoms with van der Waals surface area (Å²) in [6.45, 7) is 1.27. The molecular weight excluding hydrogens is 398 g/mol. The van der Waals surface area contributed by atoms with Gasteiger partial charge < -0.3 is 14.5 Å². The van der Waals surface area contributed by atoms with E-state index in [1.807, 2.05) is 6.07 Å². The average molecular weight is 410 g/mol. The van der Waals surface area contributed by atoms with Crippen molar-refractivity contribution in [1.29, 1.82) is 5.26 Å². The second-order valence-corrected chi connectivity index (χ2v) is 6.14. The van der Waals surface area contributed by atoms with Crippen LogP contribution < -0.4 is 15.0 Å². The van der Waals surface area contributed by atoms with E-state index in [1.54, 1.807) is 18.4 Å². The lowest BCUT2D eigenvalue weighted by molar-refractivity contribution is -0.132. The summed E-state index contributed by atoms with van der Waals surface area (Å²) in [6.07, 6.45) is 1.76. The molecule has 0 bridgehead atoms. The third-order valence-electron chi connectivity index (χ3n) is 2.95. The van der Waals surface area contributed by atoms with Gasteiger partial charge in [-0.25, -0.2) is 4.98 Å². The van der Waals surface area contributed by atoms with Gasteiger partial charge in [0.15, 0.2) is 16.7 Å². The van der Waals surface area contributed by atoms with Gasteiger partial charge in [0.05, 0.1) is 17.3 Å². The number of aromatic amines is 1. The molecule has 9 heteroatoms. The van der Waals surface area contributed by atoms with Crippen molar-refractivity contribution in [2.45, 2.75) is 12.1 Å². The van der Waals surface area contributed by atoms with E-state index < -0.39 is 11.5 Å². The predicted octanol–water partition coefficient (Wildman–Crippen LogP) is 2.73. The zero-order chi connectivity index (χ0) is 17.9. The fourth-order valence-corrected chi connectivity index (χ4v) is 2.86. The van der Waals surface area contributed by atoms with Gasteiger partial charge in [-0.3, -0.25) is 9.59 Å². The molecule has 0 spiro atoms. The summed E-state index contributed by atoms with van der Waals surface area (Å²) >= 11 is 4.55. The van der Waals surface area contributed by atoms with Crippen molar-refractivity contribution in [2.24, 2.45) is 0 Å². The highest BCUT2D eigenvalue weighted by Gasteiger charge is 2.19. The largest absolute Gasteiger partial charge is 0.493 e. The molecule has 1 N–H and O–H groups in total. The van der Waals surface area contributed by atoms with Crippen molar-refractivity contribution in [2.75, 3.05) is 13.4 Å². The zero-order valence-corrected chi connectivity index (χ0v) is 15.4. The quantitative estimate of drug-likeness (QED) is 0.358. The third-order valence-corrected chi connectivity index (χ3v) is 4.12. The average Bonchev–Trinajstić information content (AvgIpc) is 2.55. The Balaban J connectivity index is 2.72. The monoisotopic (exact) mass is 409 g/mol. The Bertz CT molecular complexity index is 905. The van der Waals surface area contributed by atoms with Gasteiger partial charge >= 0.3 is 5.97 Å². The number of benzene rings is 1. The molecule has 2 aromatic rings. The molecule has 0 atom stereocenters. The van der Waals surface area contributed by atoms with Crippen molar-refractivity contribution in [3.05, 3.63) is 32.5 Å². The van der Waals surface area contributed by atoms with Crippen molar-refractivity contribution in [1.82, 2.24) is 9.97 Å². The van der Waals surface area contributed by atoms with Crippen molar-refractivity contribution in [3.8, 4) is 28.8 Å². The van der Waals surface area contributed by atoms with Gasteiger partial charge in [-0.2, -0.15) is 5.26 Å². The number of carbonyl (C=O) groups is 1. The molecule has 0 unspecified atom stereocenters. The Kier molecular flexibility index (Phi) is 5.64. The maximum absolute atomic E-state index is 12.0. The second kappa shape index (κ2) is 7.51. The molecule has 0 fully saturated rings. The molecule has 0 aliphatic carbocycles. The molecule has 1 heterocycles. The van der Waals surface area contributed by atoms with Gasteiger partial charge in [-0.15, -0.1) is 0 Å². The molecule has 124 valence electrons. The Labute approximate surface area is 150 Å². The first kappa shape index (κ1) is 18.0. The molecule has 0 saturated heterocycles. The minimum atomic E-state index is -0.522. The molecule has 0 aliphatic rings. The summed E-state index contributed by atoms with van der Waals surface area (Å²) in [5, 5.41) is 9.65. The number of ether oxygens (including phenoxy) is 2. The highest BCUT2D eigenvalue weighted by atomic mass is 79.9. The Hall–Kier alpha value is -2.31. The van der Waals surface area contributed by atoms with Crippen LogP contribution in [0.25, 0.3) is 11.3 Å². The molecule has 24 heavy (non-hydrogen) atoms. The molecule has 1 aromatic carbocycles. The summed E-state index contributed by atoms with van der Waals surface area (Å²) in [5.74, 6) is -0.0214. The van der Waals surface area contributed by atoms with E-state index in [1.165, 1.54) is 25.8 Å². The van der Waals surface area contributed by atoms with E-state index >= 15 is 0 Å². The van der Waals surface area contributed by atoms with Crippen LogP contribution in [-0.2, 0) is 4.79 Å². The number of carbonyl (C=O) groups excluding carboxylic acids is 1. The van der Waals surface area contributed by atoms with Crippen LogP contribution in [0.5, 0.6) is 11.5 Å². The molecular formula is C15H12BrN3O4S. The van der Waals surface area contributed by atoms with Crippen LogP contribution in [0.2, 0.25) is 0 Å². The third kappa shape index (κ3) is 3.60. The number of nitriles is 1. The van der Waals surface area contributed by atoms with Gasteiger partial charge in [0, 0.05) is 12.5 Å². The second-order valence-electron chi connectivity index (χ2n) is 4.49. The lowest BCUT2D eigenvalue weighted by Gasteiger charge is -2.13. The number of H-pyrrole nitrogens is 1. The standard InChI is InChI=1S/C15H12BrN3O4S/c1-7(20)23-13-10(16)4-8(5-11(13)22-2)12-9(6-17)14(21)19-15(18-12)24-3/h4-5H,1-3H3,(H,18,19,21). The number of nitrogens with zero attached hydrogens (tertiary/aromatic N) is 2. The fraction of sp³-hybridized carbons (Fsp3) is 0.200. The van der Waals surface area contributed by atoms with Crippen molar-refractivity contribution < 1.29 is 14.3 Å². The van der Waals surface area contributed by atoms with E-state index in [-0.39, 0.29) is 22.8 Å². The summed E-state index contributed by atoms with van der Waals surface area (Å²) < 4.78 is 10.8.